The summed E-state index contributed by atoms with van der Waals surface area (Å²) in [6.45, 7) is 4.07. The molecule has 4 heterocycles. The van der Waals surface area contributed by atoms with Crippen molar-refractivity contribution in [2.45, 2.75) is 13.3 Å². The number of benzene rings is 1. The normalized spacial score (nSPS) is 14.1. The first-order valence-electron chi connectivity index (χ1n) is 9.24. The third-order valence-electron chi connectivity index (χ3n) is 5.50. The lowest BCUT2D eigenvalue weighted by Gasteiger charge is -2.32. The minimum absolute atomic E-state index is 0.0811. The molecular weight excluding hydrogens is 337 g/mol. The number of rotatable bonds is 2. The molecule has 1 saturated heterocycles. The molecule has 1 fully saturated rings. The van der Waals surface area contributed by atoms with Gasteiger partial charge in [-0.1, -0.05) is 17.6 Å². The Morgan fingerprint density at radius 3 is 2.67 bits per heavy atom. The topological polar surface area (TPSA) is 56.0 Å². The van der Waals surface area contributed by atoms with Crippen molar-refractivity contribution in [2.75, 3.05) is 18.0 Å². The van der Waals surface area contributed by atoms with Crippen molar-refractivity contribution in [3.05, 3.63) is 52.7 Å². The molecule has 0 saturated carbocycles. The van der Waals surface area contributed by atoms with Crippen molar-refractivity contribution in [3.8, 4) is 5.69 Å². The first kappa shape index (κ1) is 16.1. The van der Waals surface area contributed by atoms with Crippen molar-refractivity contribution in [1.29, 1.82) is 0 Å². The summed E-state index contributed by atoms with van der Waals surface area (Å²) in [5.41, 5.74) is 5.33. The highest BCUT2D eigenvalue weighted by molar-refractivity contribution is 6.33. The van der Waals surface area contributed by atoms with Gasteiger partial charge in [0.15, 0.2) is 0 Å². The van der Waals surface area contributed by atoms with E-state index in [1.165, 1.54) is 6.42 Å². The van der Waals surface area contributed by atoms with Crippen LogP contribution in [0.25, 0.3) is 27.6 Å². The number of aryl methyl sites for hydroxylation is 2. The lowest BCUT2D eigenvalue weighted by molar-refractivity contribution is 0.609. The van der Waals surface area contributed by atoms with Gasteiger partial charge in [-0.15, -0.1) is 0 Å². The number of hydrogen-bond acceptors (Lipinski definition) is 4. The summed E-state index contributed by atoms with van der Waals surface area (Å²) in [5.74, 6) is 0.984. The molecule has 1 aliphatic rings. The number of fused-ring (bicyclic) bond motifs is 3. The zero-order valence-electron chi connectivity index (χ0n) is 15.7. The fourth-order valence-electron chi connectivity index (χ4n) is 3.83. The standard InChI is InChI=1S/C20H20BN5O/c1-12-16(6-7-18(23-12)25-8-3-9-25)26-19-14-10-13(21)4-5-15(14)22-11-17(19)24(2)20(26)27/h4-7,10-11H,3,8-9,21H2,1-2H3. The Morgan fingerprint density at radius 2 is 1.96 bits per heavy atom. The first-order valence-corrected chi connectivity index (χ1v) is 9.24. The van der Waals surface area contributed by atoms with Crippen LogP contribution in [0.2, 0.25) is 0 Å². The van der Waals surface area contributed by atoms with E-state index in [0.717, 1.165) is 57.7 Å². The molecule has 1 aliphatic heterocycles. The van der Waals surface area contributed by atoms with E-state index in [4.69, 9.17) is 4.98 Å². The van der Waals surface area contributed by atoms with Crippen LogP contribution >= 0.6 is 0 Å². The maximum Gasteiger partial charge on any atom is 0.333 e. The molecule has 0 spiro atoms. The van der Waals surface area contributed by atoms with Gasteiger partial charge in [0, 0.05) is 25.5 Å². The van der Waals surface area contributed by atoms with E-state index in [1.54, 1.807) is 22.4 Å². The molecular formula is C20H20BN5O. The van der Waals surface area contributed by atoms with Crippen LogP contribution in [0.1, 0.15) is 12.1 Å². The Bertz CT molecular complexity index is 1270. The zero-order chi connectivity index (χ0) is 18.7. The van der Waals surface area contributed by atoms with Crippen LogP contribution in [0.4, 0.5) is 5.82 Å². The Morgan fingerprint density at radius 1 is 1.15 bits per heavy atom. The Labute approximate surface area is 157 Å². The summed E-state index contributed by atoms with van der Waals surface area (Å²) in [6, 6.07) is 10.2. The summed E-state index contributed by atoms with van der Waals surface area (Å²) in [7, 11) is 3.85. The molecule has 7 heteroatoms. The van der Waals surface area contributed by atoms with E-state index in [9.17, 15) is 4.79 Å². The van der Waals surface area contributed by atoms with Crippen LogP contribution in [-0.2, 0) is 7.05 Å². The van der Waals surface area contributed by atoms with Gasteiger partial charge in [0.05, 0.1) is 34.1 Å². The highest BCUT2D eigenvalue weighted by Gasteiger charge is 2.20. The molecule has 0 aliphatic carbocycles. The zero-order valence-corrected chi connectivity index (χ0v) is 15.7. The largest absolute Gasteiger partial charge is 0.356 e. The van der Waals surface area contributed by atoms with Crippen LogP contribution in [0.3, 0.4) is 0 Å². The molecule has 4 aromatic rings. The van der Waals surface area contributed by atoms with Crippen molar-refractivity contribution < 1.29 is 0 Å². The molecule has 0 unspecified atom stereocenters. The average Bonchev–Trinajstić information content (AvgIpc) is 2.85. The summed E-state index contributed by atoms with van der Waals surface area (Å²) in [4.78, 5) is 24.7. The van der Waals surface area contributed by atoms with Crippen LogP contribution in [0.15, 0.2) is 41.3 Å². The van der Waals surface area contributed by atoms with Gasteiger partial charge in [0.1, 0.15) is 13.7 Å². The van der Waals surface area contributed by atoms with E-state index in [0.29, 0.717) is 0 Å². The fourth-order valence-corrected chi connectivity index (χ4v) is 3.83. The van der Waals surface area contributed by atoms with Crippen molar-refractivity contribution >= 4 is 41.1 Å². The van der Waals surface area contributed by atoms with Crippen molar-refractivity contribution in [2.24, 2.45) is 7.05 Å². The molecule has 6 nitrogen and oxygen atoms in total. The van der Waals surface area contributed by atoms with Gasteiger partial charge in [0.25, 0.3) is 0 Å². The smallest absolute Gasteiger partial charge is 0.333 e. The lowest BCUT2D eigenvalue weighted by atomic mass is 9.94. The highest BCUT2D eigenvalue weighted by Crippen LogP contribution is 2.27. The molecule has 0 bridgehead atoms. The predicted octanol–water partition coefficient (Wildman–Crippen LogP) is 1.05. The van der Waals surface area contributed by atoms with Crippen LogP contribution in [0.5, 0.6) is 0 Å². The second-order valence-electron chi connectivity index (χ2n) is 7.30. The monoisotopic (exact) mass is 357 g/mol. The third-order valence-corrected chi connectivity index (χ3v) is 5.50. The molecule has 0 N–H and O–H groups in total. The summed E-state index contributed by atoms with van der Waals surface area (Å²) >= 11 is 0. The van der Waals surface area contributed by atoms with E-state index < -0.39 is 0 Å². The second-order valence-corrected chi connectivity index (χ2v) is 7.30. The minimum Gasteiger partial charge on any atom is -0.356 e. The van der Waals surface area contributed by atoms with Gasteiger partial charge in [-0.25, -0.2) is 9.78 Å². The molecule has 0 amide bonds. The van der Waals surface area contributed by atoms with Gasteiger partial charge >= 0.3 is 5.69 Å². The quantitative estimate of drug-likeness (QED) is 0.504. The number of anilines is 1. The van der Waals surface area contributed by atoms with E-state index in [1.807, 2.05) is 31.2 Å². The SMILES string of the molecule is Bc1ccc2ncc3c(c2c1)n(-c1ccc(N2CCC2)nc1C)c(=O)n3C. The minimum atomic E-state index is -0.0811. The van der Waals surface area contributed by atoms with Gasteiger partial charge in [-0.3, -0.25) is 14.1 Å². The number of imidazole rings is 1. The number of pyridine rings is 2. The lowest BCUT2D eigenvalue weighted by Crippen LogP contribution is -2.37. The number of nitrogens with zero attached hydrogens (tertiary/aromatic N) is 5. The molecule has 1 aromatic carbocycles. The van der Waals surface area contributed by atoms with Gasteiger partial charge in [-0.05, 0) is 31.5 Å². The van der Waals surface area contributed by atoms with E-state index in [-0.39, 0.29) is 5.69 Å². The summed E-state index contributed by atoms with van der Waals surface area (Å²) in [5, 5.41) is 0.983. The van der Waals surface area contributed by atoms with Crippen LogP contribution < -0.4 is 16.1 Å². The Balaban J connectivity index is 1.84. The third kappa shape index (κ3) is 2.31. The maximum atomic E-state index is 13.1. The van der Waals surface area contributed by atoms with Crippen LogP contribution in [-0.4, -0.2) is 40.0 Å². The van der Waals surface area contributed by atoms with Crippen LogP contribution in [0, 0.1) is 6.92 Å². The molecule has 0 radical (unpaired) electrons. The summed E-state index contributed by atoms with van der Waals surface area (Å²) < 4.78 is 3.44. The Hall–Kier alpha value is -3.09. The summed E-state index contributed by atoms with van der Waals surface area (Å²) in [6.07, 6.45) is 2.99. The fraction of sp³-hybridized carbons (Fsp3) is 0.250. The maximum absolute atomic E-state index is 13.1. The average molecular weight is 357 g/mol. The van der Waals surface area contributed by atoms with Crippen molar-refractivity contribution in [3.63, 3.8) is 0 Å². The first-order chi connectivity index (χ1) is 13.0. The second kappa shape index (κ2) is 5.71. The molecule has 3 aromatic heterocycles. The number of hydrogen-bond donors (Lipinski definition) is 0. The molecule has 0 atom stereocenters. The van der Waals surface area contributed by atoms with Crippen molar-refractivity contribution in [1.82, 2.24) is 19.1 Å². The number of aromatic nitrogens is 4. The Kier molecular flexibility index (Phi) is 3.41. The highest BCUT2D eigenvalue weighted by atomic mass is 16.1. The van der Waals surface area contributed by atoms with Gasteiger partial charge in [0.2, 0.25) is 0 Å². The predicted molar refractivity (Wildman–Crippen MR) is 111 cm³/mol. The molecule has 27 heavy (non-hydrogen) atoms. The van der Waals surface area contributed by atoms with Gasteiger partial charge in [-0.2, -0.15) is 0 Å². The van der Waals surface area contributed by atoms with E-state index in [2.05, 4.69) is 23.8 Å². The van der Waals surface area contributed by atoms with Gasteiger partial charge < -0.3 is 4.90 Å². The van der Waals surface area contributed by atoms with E-state index >= 15 is 0 Å². The molecule has 5 rings (SSSR count). The molecule has 134 valence electrons.